The van der Waals surface area contributed by atoms with Crippen molar-refractivity contribution in [3.63, 3.8) is 0 Å². The summed E-state index contributed by atoms with van der Waals surface area (Å²) in [4.78, 5) is 25.8. The zero-order chi connectivity index (χ0) is 21.7. The van der Waals surface area contributed by atoms with Gasteiger partial charge in [-0.2, -0.15) is 0 Å². The van der Waals surface area contributed by atoms with Gasteiger partial charge >= 0.3 is 5.97 Å². The van der Waals surface area contributed by atoms with Crippen LogP contribution in [-0.4, -0.2) is 48.1 Å². The van der Waals surface area contributed by atoms with E-state index < -0.39 is 10.9 Å². The second kappa shape index (κ2) is 9.53. The molecule has 0 spiro atoms. The maximum atomic E-state index is 12.6. The molecule has 0 aromatic heterocycles. The van der Waals surface area contributed by atoms with Gasteiger partial charge in [-0.25, -0.2) is 4.79 Å². The molecule has 9 heteroatoms. The van der Waals surface area contributed by atoms with E-state index in [1.165, 1.54) is 38.8 Å². The highest BCUT2D eigenvalue weighted by Crippen LogP contribution is 2.39. The third kappa shape index (κ3) is 4.68. The fraction of sp³-hybridized carbons (Fsp3) is 0.333. The average molecular weight is 430 g/mol. The molecule has 8 nitrogen and oxygen atoms in total. The largest absolute Gasteiger partial charge is 0.493 e. The van der Waals surface area contributed by atoms with Crippen molar-refractivity contribution in [2.45, 2.75) is 19.3 Å². The molecule has 2 aromatic carbocycles. The smallest absolute Gasteiger partial charge is 0.344 e. The molecule has 0 bridgehead atoms. The van der Waals surface area contributed by atoms with Gasteiger partial charge in [0.2, 0.25) is 5.75 Å². The van der Waals surface area contributed by atoms with E-state index in [4.69, 9.17) is 26.4 Å². The van der Waals surface area contributed by atoms with E-state index in [9.17, 15) is 14.9 Å². The Hall–Kier alpha value is -3.20. The van der Waals surface area contributed by atoms with E-state index in [0.29, 0.717) is 4.99 Å². The minimum absolute atomic E-state index is 0.0428. The molecule has 0 unspecified atom stereocenters. The van der Waals surface area contributed by atoms with Gasteiger partial charge in [-0.1, -0.05) is 18.3 Å². The highest BCUT2D eigenvalue weighted by molar-refractivity contribution is 7.80. The Balaban J connectivity index is 1.90. The molecule has 2 aromatic rings. The van der Waals surface area contributed by atoms with Gasteiger partial charge in [-0.05, 0) is 37.5 Å². The molecular weight excluding hydrogens is 408 g/mol. The number of esters is 1. The quantitative estimate of drug-likeness (QED) is 0.223. The minimum atomic E-state index is -0.762. The van der Waals surface area contributed by atoms with Gasteiger partial charge in [0.05, 0.1) is 24.7 Å². The number of nitro benzene ring substituents is 1. The van der Waals surface area contributed by atoms with Crippen LogP contribution in [0, 0.1) is 10.1 Å². The Morgan fingerprint density at radius 3 is 2.23 bits per heavy atom. The van der Waals surface area contributed by atoms with E-state index in [-0.39, 0.29) is 28.5 Å². The molecule has 1 heterocycles. The minimum Gasteiger partial charge on any atom is -0.493 e. The summed E-state index contributed by atoms with van der Waals surface area (Å²) in [6.07, 6.45) is 3.37. The summed E-state index contributed by atoms with van der Waals surface area (Å²) in [5.74, 6) is -0.117. The number of carbonyl (C=O) groups is 1. The van der Waals surface area contributed by atoms with Crippen LogP contribution in [0.5, 0.6) is 17.2 Å². The number of nitro groups is 1. The maximum Gasteiger partial charge on any atom is 0.344 e. The van der Waals surface area contributed by atoms with Crippen molar-refractivity contribution in [2.24, 2.45) is 0 Å². The Labute approximate surface area is 179 Å². The fourth-order valence-electron chi connectivity index (χ4n) is 3.28. The monoisotopic (exact) mass is 430 g/mol. The van der Waals surface area contributed by atoms with Crippen molar-refractivity contribution in [2.75, 3.05) is 27.3 Å². The van der Waals surface area contributed by atoms with Crippen LogP contribution in [0.25, 0.3) is 0 Å². The number of piperidine rings is 1. The zero-order valence-corrected chi connectivity index (χ0v) is 17.6. The number of likely N-dealkylation sites (tertiary alicyclic amines) is 1. The summed E-state index contributed by atoms with van der Waals surface area (Å²) >= 11 is 5.65. The first-order valence-corrected chi connectivity index (χ1v) is 9.87. The van der Waals surface area contributed by atoms with Gasteiger partial charge in [-0.3, -0.25) is 10.1 Å². The summed E-state index contributed by atoms with van der Waals surface area (Å²) in [5.41, 5.74) is 0.572. The number of hydrogen-bond acceptors (Lipinski definition) is 7. The molecule has 3 rings (SSSR count). The Morgan fingerprint density at radius 1 is 1.03 bits per heavy atom. The van der Waals surface area contributed by atoms with E-state index in [1.807, 2.05) is 0 Å². The number of non-ortho nitro benzene ring substituents is 1. The van der Waals surface area contributed by atoms with Crippen LogP contribution in [0.4, 0.5) is 5.69 Å². The normalized spacial score (nSPS) is 13.5. The van der Waals surface area contributed by atoms with Crippen LogP contribution in [0.1, 0.15) is 35.2 Å². The number of benzene rings is 2. The molecule has 0 aliphatic carbocycles. The number of methoxy groups -OCH3 is 2. The van der Waals surface area contributed by atoms with E-state index in [1.54, 1.807) is 12.1 Å². The first-order chi connectivity index (χ1) is 14.4. The number of ether oxygens (including phenoxy) is 3. The Bertz CT molecular complexity index is 947. The molecule has 0 atom stereocenters. The van der Waals surface area contributed by atoms with Crippen LogP contribution in [0.3, 0.4) is 0 Å². The second-order valence-electron chi connectivity index (χ2n) is 6.76. The van der Waals surface area contributed by atoms with Crippen molar-refractivity contribution in [1.29, 1.82) is 0 Å². The van der Waals surface area contributed by atoms with Crippen molar-refractivity contribution < 1.29 is 23.9 Å². The average Bonchev–Trinajstić information content (AvgIpc) is 2.79. The molecule has 0 amide bonds. The van der Waals surface area contributed by atoms with Gasteiger partial charge in [0, 0.05) is 30.8 Å². The molecular formula is C21H22N2O6S. The molecule has 1 fully saturated rings. The van der Waals surface area contributed by atoms with E-state index in [2.05, 4.69) is 4.90 Å². The standard InChI is InChI=1S/C21H22N2O6S/c1-27-17-12-15(20(30)22-9-4-3-5-10-22)13-18(28-2)19(17)29-21(24)14-7-6-8-16(11-14)23(25)26/h6-8,11-13H,3-5,9-10H2,1-2H3. The van der Waals surface area contributed by atoms with Crippen molar-refractivity contribution in [3.05, 3.63) is 57.6 Å². The van der Waals surface area contributed by atoms with Gasteiger partial charge in [0.1, 0.15) is 4.99 Å². The summed E-state index contributed by atoms with van der Waals surface area (Å²) in [6.45, 7) is 1.79. The van der Waals surface area contributed by atoms with Gasteiger partial charge in [0.15, 0.2) is 11.5 Å². The predicted octanol–water partition coefficient (Wildman–Crippen LogP) is 3.99. The lowest BCUT2D eigenvalue weighted by Gasteiger charge is -2.29. The zero-order valence-electron chi connectivity index (χ0n) is 16.8. The van der Waals surface area contributed by atoms with E-state index >= 15 is 0 Å². The van der Waals surface area contributed by atoms with Gasteiger partial charge in [-0.15, -0.1) is 0 Å². The lowest BCUT2D eigenvalue weighted by atomic mass is 10.1. The van der Waals surface area contributed by atoms with Gasteiger partial charge in [0.25, 0.3) is 5.69 Å². The summed E-state index contributed by atoms with van der Waals surface area (Å²) < 4.78 is 16.3. The molecule has 0 saturated carbocycles. The maximum absolute atomic E-state index is 12.6. The number of nitrogens with zero attached hydrogens (tertiary/aromatic N) is 2. The molecule has 1 aliphatic heterocycles. The van der Waals surface area contributed by atoms with E-state index in [0.717, 1.165) is 37.6 Å². The van der Waals surface area contributed by atoms with Crippen molar-refractivity contribution in [1.82, 2.24) is 4.90 Å². The van der Waals surface area contributed by atoms with Crippen LogP contribution in [0.2, 0.25) is 0 Å². The third-order valence-corrected chi connectivity index (χ3v) is 5.33. The van der Waals surface area contributed by atoms with Crippen LogP contribution in [-0.2, 0) is 0 Å². The Kier molecular flexibility index (Phi) is 6.83. The molecule has 1 saturated heterocycles. The summed E-state index contributed by atoms with van der Waals surface area (Å²) in [5, 5.41) is 11.0. The highest BCUT2D eigenvalue weighted by atomic mass is 32.1. The summed E-state index contributed by atoms with van der Waals surface area (Å²) in [7, 11) is 2.90. The lowest BCUT2D eigenvalue weighted by molar-refractivity contribution is -0.384. The molecule has 30 heavy (non-hydrogen) atoms. The molecule has 0 radical (unpaired) electrons. The molecule has 158 valence electrons. The number of carbonyl (C=O) groups excluding carboxylic acids is 1. The number of rotatable bonds is 6. The highest BCUT2D eigenvalue weighted by Gasteiger charge is 2.23. The van der Waals surface area contributed by atoms with Crippen LogP contribution < -0.4 is 14.2 Å². The topological polar surface area (TPSA) is 91.1 Å². The molecule has 0 N–H and O–H groups in total. The van der Waals surface area contributed by atoms with Crippen molar-refractivity contribution >= 4 is 28.9 Å². The second-order valence-corrected chi connectivity index (χ2v) is 7.15. The van der Waals surface area contributed by atoms with Crippen LogP contribution >= 0.6 is 12.2 Å². The summed E-state index contributed by atoms with van der Waals surface area (Å²) in [6, 6.07) is 8.72. The first kappa shape index (κ1) is 21.5. The van der Waals surface area contributed by atoms with Crippen molar-refractivity contribution in [3.8, 4) is 17.2 Å². The lowest BCUT2D eigenvalue weighted by Crippen LogP contribution is -2.34. The molecule has 1 aliphatic rings. The van der Waals surface area contributed by atoms with Crippen LogP contribution in [0.15, 0.2) is 36.4 Å². The fourth-order valence-corrected chi connectivity index (χ4v) is 3.58. The third-order valence-electron chi connectivity index (χ3n) is 4.84. The predicted molar refractivity (Wildman–Crippen MR) is 115 cm³/mol. The number of hydrogen-bond donors (Lipinski definition) is 0. The Morgan fingerprint density at radius 2 is 1.67 bits per heavy atom. The first-order valence-electron chi connectivity index (χ1n) is 9.46. The number of thiocarbonyl (C=S) groups is 1. The SMILES string of the molecule is COc1cc(C(=S)N2CCCCC2)cc(OC)c1OC(=O)c1cccc([N+](=O)[O-])c1. The van der Waals surface area contributed by atoms with Gasteiger partial charge < -0.3 is 19.1 Å².